The Balaban J connectivity index is 1.21. The van der Waals surface area contributed by atoms with Gasteiger partial charge in [0.25, 0.3) is 0 Å². The lowest BCUT2D eigenvalue weighted by molar-refractivity contribution is -0.277. The molecule has 12 heteroatoms. The van der Waals surface area contributed by atoms with Crippen LogP contribution in [-0.4, -0.2) is 80.1 Å². The summed E-state index contributed by atoms with van der Waals surface area (Å²) in [7, 11) is 3.24. The zero-order chi connectivity index (χ0) is 43.4. The molecule has 8 aromatic rings. The minimum atomic E-state index is -1.55. The Morgan fingerprint density at radius 2 is 1.05 bits per heavy atom. The summed E-state index contributed by atoms with van der Waals surface area (Å²) >= 11 is 0. The number of fused-ring (bicyclic) bond motifs is 1. The van der Waals surface area contributed by atoms with Crippen LogP contribution in [0.3, 0.4) is 0 Å². The molecule has 1 saturated heterocycles. The van der Waals surface area contributed by atoms with Gasteiger partial charge in [0, 0.05) is 0 Å². The molecule has 63 heavy (non-hydrogen) atoms. The largest absolute Gasteiger partial charge is 0.497 e. The zero-order valence-corrected chi connectivity index (χ0v) is 34.7. The van der Waals surface area contributed by atoms with Gasteiger partial charge in [0.15, 0.2) is 23.2 Å². The number of benzene rings is 6. The normalized spacial score (nSPS) is 19.1. The van der Waals surface area contributed by atoms with E-state index in [-0.39, 0.29) is 0 Å². The Morgan fingerprint density at radius 3 is 1.54 bits per heavy atom. The molecule has 0 spiro atoms. The smallest absolute Gasteiger partial charge is 0.167 e. The molecule has 5 atom stereocenters. The minimum Gasteiger partial charge on any atom is -0.497 e. The van der Waals surface area contributed by atoms with Gasteiger partial charge in [0.2, 0.25) is 0 Å². The average Bonchev–Trinajstić information content (AvgIpc) is 3.80. The summed E-state index contributed by atoms with van der Waals surface area (Å²) < 4.78 is 26.7. The van der Waals surface area contributed by atoms with Crippen molar-refractivity contribution in [1.29, 1.82) is 0 Å². The van der Waals surface area contributed by atoms with E-state index in [4.69, 9.17) is 33.9 Å². The maximum Gasteiger partial charge on any atom is 0.167 e. The second-order valence-electron chi connectivity index (χ2n) is 15.3. The van der Waals surface area contributed by atoms with Crippen LogP contribution in [0.2, 0.25) is 0 Å². The van der Waals surface area contributed by atoms with E-state index in [0.29, 0.717) is 28.5 Å². The molecular weight excluding hydrogens is 795 g/mol. The number of aromatic nitrogens is 4. The van der Waals surface area contributed by atoms with Crippen molar-refractivity contribution in [2.24, 2.45) is 0 Å². The van der Waals surface area contributed by atoms with Crippen LogP contribution in [0.4, 0.5) is 5.82 Å². The number of imidazole rings is 1. The van der Waals surface area contributed by atoms with Gasteiger partial charge in [-0.1, -0.05) is 146 Å². The van der Waals surface area contributed by atoms with Crippen molar-refractivity contribution < 1.29 is 34.3 Å². The van der Waals surface area contributed by atoms with Crippen LogP contribution in [0, 0.1) is 0 Å². The van der Waals surface area contributed by atoms with E-state index in [0.717, 1.165) is 33.4 Å². The summed E-state index contributed by atoms with van der Waals surface area (Å²) in [5, 5.41) is 38.1. The second kappa shape index (κ2) is 17.8. The Kier molecular flexibility index (Phi) is 11.7. The molecule has 6 aromatic carbocycles. The van der Waals surface area contributed by atoms with Gasteiger partial charge in [-0.05, 0) is 57.6 Å². The number of methoxy groups -OCH3 is 2. The van der Waals surface area contributed by atoms with E-state index in [1.165, 1.54) is 6.33 Å². The molecule has 0 unspecified atom stereocenters. The van der Waals surface area contributed by atoms with Crippen LogP contribution in [0.1, 0.15) is 39.6 Å². The molecule has 1 aliphatic heterocycles. The van der Waals surface area contributed by atoms with Crippen LogP contribution in [0.15, 0.2) is 183 Å². The Morgan fingerprint density at radius 1 is 0.587 bits per heavy atom. The second-order valence-corrected chi connectivity index (χ2v) is 15.3. The molecule has 0 radical (unpaired) electrons. The summed E-state index contributed by atoms with van der Waals surface area (Å²) in [5.41, 5.74) is 3.44. The third-order valence-corrected chi connectivity index (χ3v) is 11.9. The molecule has 12 nitrogen and oxygen atoms in total. The van der Waals surface area contributed by atoms with E-state index in [1.54, 1.807) is 25.1 Å². The topological polar surface area (TPSA) is 153 Å². The lowest BCUT2D eigenvalue weighted by atomic mass is 9.77. The van der Waals surface area contributed by atoms with E-state index < -0.39 is 48.4 Å². The highest BCUT2D eigenvalue weighted by molar-refractivity contribution is 5.84. The monoisotopic (exact) mass is 841 g/mol. The van der Waals surface area contributed by atoms with Crippen molar-refractivity contribution in [3.05, 3.63) is 216 Å². The van der Waals surface area contributed by atoms with Gasteiger partial charge >= 0.3 is 0 Å². The highest BCUT2D eigenvalue weighted by Gasteiger charge is 2.51. The molecule has 0 bridgehead atoms. The molecule has 0 aliphatic carbocycles. The van der Waals surface area contributed by atoms with Crippen LogP contribution in [0.25, 0.3) is 11.2 Å². The predicted octanol–water partition coefficient (Wildman–Crippen LogP) is 7.24. The third kappa shape index (κ3) is 7.47. The van der Waals surface area contributed by atoms with Crippen molar-refractivity contribution in [3.8, 4) is 11.5 Å². The van der Waals surface area contributed by atoms with Gasteiger partial charge in [0.1, 0.15) is 53.4 Å². The summed E-state index contributed by atoms with van der Waals surface area (Å²) in [6.45, 7) is -0.574. The highest BCUT2D eigenvalue weighted by Crippen LogP contribution is 2.47. The standard InChI is InChI=1S/C51H47N5O7/c1-60-40-27-23-36(24-28-40)50(34-15-7-3-8-16-34,35-17-9-4-10-18-35)55-47-43-48(53-32-52-47)56(33-54-43)49-46(45(59)44(58)42(31-57)62-49)63-51(37-19-11-5-12-20-37,38-21-13-6-14-22-38)39-25-29-41(61-2)30-26-39/h3-30,32-33,42,44-46,49,57-59H,31H2,1-2H3,(H,52,53,55)/t42-,44+,45+,46-,49-/m1/s1. The highest BCUT2D eigenvalue weighted by atomic mass is 16.6. The Hall–Kier alpha value is -6.93. The van der Waals surface area contributed by atoms with Gasteiger partial charge in [-0.25, -0.2) is 15.0 Å². The van der Waals surface area contributed by atoms with E-state index in [9.17, 15) is 15.3 Å². The van der Waals surface area contributed by atoms with Crippen molar-refractivity contribution in [1.82, 2.24) is 19.5 Å². The predicted molar refractivity (Wildman–Crippen MR) is 238 cm³/mol. The lowest BCUT2D eigenvalue weighted by Gasteiger charge is -2.47. The number of aliphatic hydroxyl groups is 3. The minimum absolute atomic E-state index is 0.352. The average molecular weight is 842 g/mol. The van der Waals surface area contributed by atoms with E-state index >= 15 is 0 Å². The molecule has 1 fully saturated rings. The maximum atomic E-state index is 12.2. The molecule has 318 valence electrons. The summed E-state index contributed by atoms with van der Waals surface area (Å²) in [6, 6.07) is 55.0. The van der Waals surface area contributed by atoms with Gasteiger partial charge in [-0.2, -0.15) is 0 Å². The first-order chi connectivity index (χ1) is 30.9. The Labute approximate surface area is 365 Å². The number of hydrogen-bond donors (Lipinski definition) is 4. The quantitative estimate of drug-likeness (QED) is 0.0821. The van der Waals surface area contributed by atoms with E-state index in [1.807, 2.05) is 146 Å². The molecule has 3 heterocycles. The first kappa shape index (κ1) is 41.4. The van der Waals surface area contributed by atoms with Gasteiger partial charge in [-0.3, -0.25) is 4.57 Å². The van der Waals surface area contributed by atoms with Crippen LogP contribution >= 0.6 is 0 Å². The van der Waals surface area contributed by atoms with Crippen molar-refractivity contribution in [3.63, 3.8) is 0 Å². The van der Waals surface area contributed by atoms with Crippen molar-refractivity contribution in [2.45, 2.75) is 41.8 Å². The summed E-state index contributed by atoms with van der Waals surface area (Å²) in [4.78, 5) is 14.4. The Bertz CT molecular complexity index is 2640. The number of anilines is 1. The molecular formula is C51H47N5O7. The SMILES string of the molecule is COc1ccc(C(Nc2ncnc3c2ncn3[C@@H]2O[C@H](CO)[C@H](O)[C@H](O)[C@H]2OC(c2ccccc2)(c2ccccc2)c2ccc(OC)cc2)(c2ccccc2)c2ccccc2)cc1. The molecule has 2 aromatic heterocycles. The number of rotatable bonds is 14. The van der Waals surface area contributed by atoms with Crippen LogP contribution in [-0.2, 0) is 20.6 Å². The maximum absolute atomic E-state index is 12.2. The molecule has 9 rings (SSSR count). The molecule has 0 saturated carbocycles. The lowest BCUT2D eigenvalue weighted by Crippen LogP contribution is -2.59. The number of hydrogen-bond acceptors (Lipinski definition) is 11. The zero-order valence-electron chi connectivity index (χ0n) is 34.7. The van der Waals surface area contributed by atoms with Crippen LogP contribution < -0.4 is 14.8 Å². The number of ether oxygens (including phenoxy) is 4. The van der Waals surface area contributed by atoms with Gasteiger partial charge in [0.05, 0.1) is 27.2 Å². The first-order valence-electron chi connectivity index (χ1n) is 20.7. The summed E-state index contributed by atoms with van der Waals surface area (Å²) in [5.74, 6) is 1.78. The van der Waals surface area contributed by atoms with Crippen LogP contribution in [0.5, 0.6) is 11.5 Å². The van der Waals surface area contributed by atoms with Gasteiger partial charge in [-0.15, -0.1) is 0 Å². The van der Waals surface area contributed by atoms with Gasteiger partial charge < -0.3 is 39.6 Å². The third-order valence-electron chi connectivity index (χ3n) is 11.9. The number of aliphatic hydroxyl groups excluding tert-OH is 3. The molecule has 0 amide bonds. The van der Waals surface area contributed by atoms with Crippen molar-refractivity contribution in [2.75, 3.05) is 26.1 Å². The first-order valence-corrected chi connectivity index (χ1v) is 20.7. The molecule has 1 aliphatic rings. The fourth-order valence-corrected chi connectivity index (χ4v) is 8.74. The fourth-order valence-electron chi connectivity index (χ4n) is 8.74. The number of nitrogens with zero attached hydrogens (tertiary/aromatic N) is 4. The molecule has 4 N–H and O–H groups in total. The van der Waals surface area contributed by atoms with Crippen molar-refractivity contribution >= 4 is 17.0 Å². The summed E-state index contributed by atoms with van der Waals surface area (Å²) in [6.07, 6.45) is -3.69. The number of nitrogens with one attached hydrogen (secondary N) is 1. The fraction of sp³-hybridized carbons (Fsp3) is 0.196. The van der Waals surface area contributed by atoms with E-state index in [2.05, 4.69) is 29.6 Å².